The quantitative estimate of drug-likeness (QED) is 0.868. The van der Waals surface area contributed by atoms with Crippen molar-refractivity contribution in [1.82, 2.24) is 5.32 Å². The molecule has 2 amide bonds. The minimum Gasteiger partial charge on any atom is -0.338 e. The topological polar surface area (TPSA) is 64.9 Å². The molecule has 112 valence electrons. The van der Waals surface area contributed by atoms with Crippen molar-refractivity contribution in [3.8, 4) is 6.07 Å². The molecular weight excluding hydrogens is 294 g/mol. The highest BCUT2D eigenvalue weighted by atomic mass is 32.2. The minimum absolute atomic E-state index is 0.186. The van der Waals surface area contributed by atoms with Crippen LogP contribution in [0.3, 0.4) is 0 Å². The number of hydrogen-bond acceptors (Lipinski definition) is 3. The van der Waals surface area contributed by atoms with Crippen LogP contribution < -0.4 is 10.6 Å². The Balaban J connectivity index is 1.93. The van der Waals surface area contributed by atoms with Crippen molar-refractivity contribution >= 4 is 23.5 Å². The van der Waals surface area contributed by atoms with Crippen LogP contribution in [0.4, 0.5) is 10.5 Å². The van der Waals surface area contributed by atoms with E-state index in [1.165, 1.54) is 0 Å². The van der Waals surface area contributed by atoms with Gasteiger partial charge in [-0.25, -0.2) is 4.79 Å². The fraction of sp³-hybridized carbons (Fsp3) is 0.176. The van der Waals surface area contributed by atoms with E-state index in [0.29, 0.717) is 12.1 Å². The van der Waals surface area contributed by atoms with E-state index in [1.54, 1.807) is 23.9 Å². The molecule has 0 atom stereocenters. The van der Waals surface area contributed by atoms with E-state index in [9.17, 15) is 4.79 Å². The van der Waals surface area contributed by atoms with Gasteiger partial charge in [0.2, 0.25) is 0 Å². The lowest BCUT2D eigenvalue weighted by Crippen LogP contribution is -2.29. The fourth-order valence-corrected chi connectivity index (χ4v) is 2.57. The molecule has 0 aliphatic rings. The Morgan fingerprint density at radius 1 is 1.09 bits per heavy atom. The maximum absolute atomic E-state index is 11.6. The van der Waals surface area contributed by atoms with Crippen LogP contribution in [0.1, 0.15) is 18.9 Å². The van der Waals surface area contributed by atoms with Gasteiger partial charge >= 0.3 is 6.03 Å². The van der Waals surface area contributed by atoms with Gasteiger partial charge in [-0.1, -0.05) is 18.7 Å². The Morgan fingerprint density at radius 3 is 2.23 bits per heavy atom. The van der Waals surface area contributed by atoms with Crippen molar-refractivity contribution in [2.75, 3.05) is 11.9 Å². The van der Waals surface area contributed by atoms with Gasteiger partial charge in [0, 0.05) is 22.0 Å². The first-order valence-corrected chi connectivity index (χ1v) is 7.86. The highest BCUT2D eigenvalue weighted by Gasteiger charge is 2.02. The number of urea groups is 1. The maximum atomic E-state index is 11.6. The van der Waals surface area contributed by atoms with Crippen molar-refractivity contribution in [3.63, 3.8) is 0 Å². The summed E-state index contributed by atoms with van der Waals surface area (Å²) in [7, 11) is 0. The van der Waals surface area contributed by atoms with E-state index in [-0.39, 0.29) is 6.03 Å². The average molecular weight is 311 g/mol. The first kappa shape index (κ1) is 15.9. The predicted octanol–water partition coefficient (Wildman–Crippen LogP) is 4.24. The summed E-state index contributed by atoms with van der Waals surface area (Å²) in [6, 6.07) is 17.0. The number of anilines is 1. The maximum Gasteiger partial charge on any atom is 0.319 e. The molecule has 22 heavy (non-hydrogen) atoms. The zero-order valence-corrected chi connectivity index (χ0v) is 13.1. The predicted molar refractivity (Wildman–Crippen MR) is 89.0 cm³/mol. The molecule has 2 N–H and O–H groups in total. The van der Waals surface area contributed by atoms with Crippen LogP contribution in [-0.4, -0.2) is 12.6 Å². The van der Waals surface area contributed by atoms with Crippen LogP contribution in [0.25, 0.3) is 0 Å². The van der Waals surface area contributed by atoms with Gasteiger partial charge < -0.3 is 10.6 Å². The van der Waals surface area contributed by atoms with Crippen LogP contribution >= 0.6 is 11.8 Å². The third kappa shape index (κ3) is 4.83. The molecule has 0 aliphatic heterocycles. The van der Waals surface area contributed by atoms with Crippen LogP contribution in [0, 0.1) is 11.3 Å². The zero-order chi connectivity index (χ0) is 15.8. The molecular formula is C17H17N3OS. The van der Waals surface area contributed by atoms with E-state index in [4.69, 9.17) is 5.26 Å². The monoisotopic (exact) mass is 311 g/mol. The number of amides is 2. The van der Waals surface area contributed by atoms with E-state index >= 15 is 0 Å². The van der Waals surface area contributed by atoms with Gasteiger partial charge in [0.15, 0.2) is 0 Å². The third-order valence-electron chi connectivity index (χ3n) is 2.87. The van der Waals surface area contributed by atoms with Gasteiger partial charge in [0.25, 0.3) is 0 Å². The SMILES string of the molecule is CCCNC(=O)Nc1ccc(Sc2ccc(C#N)cc2)cc1. The molecule has 0 aromatic heterocycles. The third-order valence-corrected chi connectivity index (χ3v) is 3.88. The number of hydrogen-bond donors (Lipinski definition) is 2. The Kier molecular flexibility index (Phi) is 5.87. The molecule has 0 heterocycles. The van der Waals surface area contributed by atoms with Gasteiger partial charge in [-0.3, -0.25) is 0 Å². The summed E-state index contributed by atoms with van der Waals surface area (Å²) in [6.07, 6.45) is 0.910. The van der Waals surface area contributed by atoms with E-state index in [1.807, 2.05) is 43.3 Å². The van der Waals surface area contributed by atoms with Crippen molar-refractivity contribution in [2.45, 2.75) is 23.1 Å². The minimum atomic E-state index is -0.186. The van der Waals surface area contributed by atoms with Crippen molar-refractivity contribution in [3.05, 3.63) is 54.1 Å². The Labute approximate surface area is 134 Å². The Hall–Kier alpha value is -2.45. The molecule has 0 saturated carbocycles. The molecule has 0 aliphatic carbocycles. The number of carbonyl (C=O) groups is 1. The lowest BCUT2D eigenvalue weighted by molar-refractivity contribution is 0.252. The number of nitrogens with one attached hydrogen (secondary N) is 2. The molecule has 0 spiro atoms. The molecule has 2 aromatic carbocycles. The normalized spacial score (nSPS) is 9.82. The summed E-state index contributed by atoms with van der Waals surface area (Å²) >= 11 is 1.61. The summed E-state index contributed by atoms with van der Waals surface area (Å²) in [5, 5.41) is 14.3. The van der Waals surface area contributed by atoms with E-state index in [0.717, 1.165) is 21.9 Å². The van der Waals surface area contributed by atoms with Crippen molar-refractivity contribution in [2.24, 2.45) is 0 Å². The van der Waals surface area contributed by atoms with Gasteiger partial charge in [0.1, 0.15) is 0 Å². The number of benzene rings is 2. The smallest absolute Gasteiger partial charge is 0.319 e. The lowest BCUT2D eigenvalue weighted by atomic mass is 10.2. The fourth-order valence-electron chi connectivity index (χ4n) is 1.75. The van der Waals surface area contributed by atoms with Gasteiger partial charge in [-0.15, -0.1) is 0 Å². The number of nitriles is 1. The van der Waals surface area contributed by atoms with Crippen LogP contribution in [-0.2, 0) is 0 Å². The zero-order valence-electron chi connectivity index (χ0n) is 12.3. The van der Waals surface area contributed by atoms with E-state index in [2.05, 4.69) is 16.7 Å². The number of carbonyl (C=O) groups excluding carboxylic acids is 1. The largest absolute Gasteiger partial charge is 0.338 e. The van der Waals surface area contributed by atoms with Crippen LogP contribution in [0.15, 0.2) is 58.3 Å². The van der Waals surface area contributed by atoms with Gasteiger partial charge in [-0.05, 0) is 55.0 Å². The molecule has 0 fully saturated rings. The summed E-state index contributed by atoms with van der Waals surface area (Å²) in [4.78, 5) is 13.7. The molecule has 4 nitrogen and oxygen atoms in total. The standard InChI is InChI=1S/C17H17N3OS/c1-2-11-19-17(21)20-14-5-9-16(10-6-14)22-15-7-3-13(12-18)4-8-15/h3-10H,2,11H2,1H3,(H2,19,20,21). The summed E-state index contributed by atoms with van der Waals surface area (Å²) in [6.45, 7) is 2.67. The lowest BCUT2D eigenvalue weighted by Gasteiger charge is -2.07. The molecule has 2 rings (SSSR count). The summed E-state index contributed by atoms with van der Waals surface area (Å²) < 4.78 is 0. The molecule has 0 radical (unpaired) electrons. The second-order valence-electron chi connectivity index (χ2n) is 4.64. The summed E-state index contributed by atoms with van der Waals surface area (Å²) in [5.74, 6) is 0. The van der Waals surface area contributed by atoms with Gasteiger partial charge in [-0.2, -0.15) is 5.26 Å². The molecule has 0 bridgehead atoms. The van der Waals surface area contributed by atoms with Crippen LogP contribution in [0.2, 0.25) is 0 Å². The Bertz CT molecular complexity index is 660. The highest BCUT2D eigenvalue weighted by Crippen LogP contribution is 2.28. The van der Waals surface area contributed by atoms with Gasteiger partial charge in [0.05, 0.1) is 11.6 Å². The summed E-state index contributed by atoms with van der Waals surface area (Å²) in [5.41, 5.74) is 1.42. The molecule has 5 heteroatoms. The number of nitrogens with zero attached hydrogens (tertiary/aromatic N) is 1. The highest BCUT2D eigenvalue weighted by molar-refractivity contribution is 7.99. The average Bonchev–Trinajstić information content (AvgIpc) is 2.55. The van der Waals surface area contributed by atoms with Crippen LogP contribution in [0.5, 0.6) is 0 Å². The number of rotatable bonds is 5. The molecule has 0 saturated heterocycles. The first-order chi connectivity index (χ1) is 10.7. The van der Waals surface area contributed by atoms with E-state index < -0.39 is 0 Å². The molecule has 0 unspecified atom stereocenters. The van der Waals surface area contributed by atoms with Crippen molar-refractivity contribution in [1.29, 1.82) is 5.26 Å². The molecule has 2 aromatic rings. The van der Waals surface area contributed by atoms with Crippen molar-refractivity contribution < 1.29 is 4.79 Å². The first-order valence-electron chi connectivity index (χ1n) is 7.04. The second kappa shape index (κ2) is 8.11. The second-order valence-corrected chi connectivity index (χ2v) is 5.79. The Morgan fingerprint density at radius 2 is 1.68 bits per heavy atom.